The molecule has 0 spiro atoms. The fraction of sp³-hybridized carbons (Fsp3) is 0.188. The van der Waals surface area contributed by atoms with Gasteiger partial charge in [-0.2, -0.15) is 0 Å². The lowest BCUT2D eigenvalue weighted by molar-refractivity contribution is -0.127. The zero-order valence-corrected chi connectivity index (χ0v) is 22.6. The van der Waals surface area contributed by atoms with E-state index >= 15 is 0 Å². The lowest BCUT2D eigenvalue weighted by Gasteiger charge is -2.33. The van der Waals surface area contributed by atoms with Crippen molar-refractivity contribution in [1.29, 1.82) is 5.41 Å². The number of nitrogens with one attached hydrogen (secondary N) is 2. The van der Waals surface area contributed by atoms with E-state index in [1.807, 2.05) is 54.6 Å². The number of hydrogen-bond acceptors (Lipinski definition) is 8. The van der Waals surface area contributed by atoms with E-state index in [-0.39, 0.29) is 23.5 Å². The molecule has 0 radical (unpaired) electrons. The summed E-state index contributed by atoms with van der Waals surface area (Å²) in [7, 11) is 0. The number of nitrogens with two attached hydrogens (primary N) is 1. The molecular weight excluding hydrogens is 516 g/mol. The van der Waals surface area contributed by atoms with Gasteiger partial charge in [-0.1, -0.05) is 43.0 Å². The average Bonchev–Trinajstić information content (AvgIpc) is 3.01. The second kappa shape index (κ2) is 12.8. The molecule has 5 rings (SSSR count). The quantitative estimate of drug-likeness (QED) is 0.178. The topological polar surface area (TPSA) is 126 Å². The van der Waals surface area contributed by atoms with Gasteiger partial charge in [0.2, 0.25) is 5.91 Å². The van der Waals surface area contributed by atoms with Gasteiger partial charge in [-0.3, -0.25) is 10.2 Å². The van der Waals surface area contributed by atoms with Crippen LogP contribution in [0.15, 0.2) is 97.8 Å². The molecule has 2 heterocycles. The van der Waals surface area contributed by atoms with Crippen LogP contribution in [0.3, 0.4) is 0 Å². The number of nitrogens with zero attached hydrogens (tertiary/aromatic N) is 3. The monoisotopic (exact) mass is 548 g/mol. The van der Waals surface area contributed by atoms with Crippen molar-refractivity contribution in [2.24, 2.45) is 0 Å². The van der Waals surface area contributed by atoms with Crippen molar-refractivity contribution in [1.82, 2.24) is 14.9 Å². The molecule has 41 heavy (non-hydrogen) atoms. The summed E-state index contributed by atoms with van der Waals surface area (Å²) in [5, 5.41) is 12.3. The van der Waals surface area contributed by atoms with E-state index in [1.54, 1.807) is 29.2 Å². The maximum absolute atomic E-state index is 12.1. The first kappa shape index (κ1) is 27.4. The molecule has 0 saturated carbocycles. The van der Waals surface area contributed by atoms with Gasteiger partial charge in [0, 0.05) is 30.8 Å². The molecule has 1 aromatic heterocycles. The summed E-state index contributed by atoms with van der Waals surface area (Å²) in [6, 6.07) is 24.6. The predicted molar refractivity (Wildman–Crippen MR) is 160 cm³/mol. The summed E-state index contributed by atoms with van der Waals surface area (Å²) in [5.74, 6) is 2.54. The second-order valence-corrected chi connectivity index (χ2v) is 9.70. The van der Waals surface area contributed by atoms with Crippen molar-refractivity contribution in [3.63, 3.8) is 0 Å². The Kier molecular flexibility index (Phi) is 8.54. The van der Waals surface area contributed by atoms with Crippen LogP contribution in [0.2, 0.25) is 0 Å². The number of piperidine rings is 1. The van der Waals surface area contributed by atoms with Gasteiger partial charge >= 0.3 is 0 Å². The SMILES string of the molecule is C=CC(=O)N1CCCC(Nc2ncnc(N)c2C(=N)c2ccc(Oc3cccc(OCc4ccccc4)c3)cc2)C1. The summed E-state index contributed by atoms with van der Waals surface area (Å²) < 4.78 is 12.0. The number of carbonyl (C=O) groups excluding carboxylic acids is 1. The van der Waals surface area contributed by atoms with Crippen molar-refractivity contribution in [3.05, 3.63) is 115 Å². The fourth-order valence-corrected chi connectivity index (χ4v) is 4.71. The molecule has 0 bridgehead atoms. The minimum absolute atomic E-state index is 0.0308. The number of likely N-dealkylation sites (tertiary alicyclic amines) is 1. The van der Waals surface area contributed by atoms with Crippen LogP contribution in [-0.4, -0.2) is 45.6 Å². The van der Waals surface area contributed by atoms with Crippen LogP contribution in [0.1, 0.15) is 29.5 Å². The largest absolute Gasteiger partial charge is 0.489 e. The summed E-state index contributed by atoms with van der Waals surface area (Å²) >= 11 is 0. The van der Waals surface area contributed by atoms with Crippen LogP contribution < -0.4 is 20.5 Å². The van der Waals surface area contributed by atoms with Crippen molar-refractivity contribution in [2.45, 2.75) is 25.5 Å². The molecule has 1 saturated heterocycles. The van der Waals surface area contributed by atoms with E-state index in [2.05, 4.69) is 21.9 Å². The molecule has 1 amide bonds. The third-order valence-corrected chi connectivity index (χ3v) is 6.81. The van der Waals surface area contributed by atoms with Gasteiger partial charge in [0.1, 0.15) is 41.8 Å². The Morgan fingerprint density at radius 2 is 1.83 bits per heavy atom. The summed E-state index contributed by atoms with van der Waals surface area (Å²) in [4.78, 5) is 22.4. The highest BCUT2D eigenvalue weighted by Gasteiger charge is 2.25. The molecule has 1 aliphatic rings. The maximum Gasteiger partial charge on any atom is 0.246 e. The van der Waals surface area contributed by atoms with Gasteiger partial charge < -0.3 is 25.4 Å². The predicted octanol–water partition coefficient (Wildman–Crippen LogP) is 5.44. The van der Waals surface area contributed by atoms with Crippen LogP contribution in [0, 0.1) is 5.41 Å². The van der Waals surface area contributed by atoms with Gasteiger partial charge in [-0.15, -0.1) is 0 Å². The average molecular weight is 549 g/mol. The molecule has 1 aliphatic heterocycles. The first-order valence-corrected chi connectivity index (χ1v) is 13.4. The minimum Gasteiger partial charge on any atom is -0.489 e. The van der Waals surface area contributed by atoms with Crippen LogP contribution in [-0.2, 0) is 11.4 Å². The second-order valence-electron chi connectivity index (χ2n) is 9.70. The zero-order valence-electron chi connectivity index (χ0n) is 22.6. The highest BCUT2D eigenvalue weighted by Crippen LogP contribution is 2.28. The van der Waals surface area contributed by atoms with Gasteiger partial charge in [0.05, 0.1) is 11.3 Å². The highest BCUT2D eigenvalue weighted by atomic mass is 16.5. The number of anilines is 2. The van der Waals surface area contributed by atoms with Gasteiger partial charge in [-0.05, 0) is 60.9 Å². The molecule has 1 unspecified atom stereocenters. The molecule has 208 valence electrons. The number of carbonyl (C=O) groups is 1. The number of benzene rings is 3. The minimum atomic E-state index is -0.0968. The Balaban J connectivity index is 1.26. The van der Waals surface area contributed by atoms with Crippen LogP contribution in [0.25, 0.3) is 0 Å². The molecule has 4 aromatic rings. The molecule has 9 heteroatoms. The Labute approximate surface area is 239 Å². The normalized spacial score (nSPS) is 14.6. The fourth-order valence-electron chi connectivity index (χ4n) is 4.71. The van der Waals surface area contributed by atoms with Crippen LogP contribution in [0.4, 0.5) is 11.6 Å². The Hall–Kier alpha value is -5.18. The molecule has 4 N–H and O–H groups in total. The number of ether oxygens (including phenoxy) is 2. The molecule has 9 nitrogen and oxygen atoms in total. The van der Waals surface area contributed by atoms with E-state index < -0.39 is 0 Å². The van der Waals surface area contributed by atoms with Crippen molar-refractivity contribution >= 4 is 23.3 Å². The zero-order chi connectivity index (χ0) is 28.6. The standard InChI is InChI=1S/C32H32N6O3/c1-2-28(39)38-17-7-10-24(19-38)37-32-29(31(34)35-21-36-32)30(33)23-13-15-25(16-14-23)41-27-12-6-11-26(18-27)40-20-22-8-4-3-5-9-22/h2-6,8-9,11-16,18,21,24,33H,1,7,10,17,19-20H2,(H3,34,35,36,37). The third kappa shape index (κ3) is 6.88. The molecular formula is C32H32N6O3. The van der Waals surface area contributed by atoms with E-state index in [0.717, 1.165) is 18.4 Å². The van der Waals surface area contributed by atoms with E-state index in [4.69, 9.17) is 20.6 Å². The Morgan fingerprint density at radius 3 is 2.61 bits per heavy atom. The third-order valence-electron chi connectivity index (χ3n) is 6.81. The first-order chi connectivity index (χ1) is 20.0. The Morgan fingerprint density at radius 1 is 1.05 bits per heavy atom. The van der Waals surface area contributed by atoms with Crippen molar-refractivity contribution < 1.29 is 14.3 Å². The first-order valence-electron chi connectivity index (χ1n) is 13.4. The molecule has 1 fully saturated rings. The summed E-state index contributed by atoms with van der Waals surface area (Å²) in [6.45, 7) is 5.27. The van der Waals surface area contributed by atoms with Gasteiger partial charge in [0.15, 0.2) is 0 Å². The number of hydrogen-bond donors (Lipinski definition) is 3. The van der Waals surface area contributed by atoms with E-state index in [9.17, 15) is 4.79 Å². The van der Waals surface area contributed by atoms with Crippen molar-refractivity contribution in [2.75, 3.05) is 24.1 Å². The lowest BCUT2D eigenvalue weighted by atomic mass is 10.0. The van der Waals surface area contributed by atoms with Gasteiger partial charge in [-0.25, -0.2) is 9.97 Å². The maximum atomic E-state index is 12.1. The molecule has 1 atom stereocenters. The Bertz CT molecular complexity index is 1520. The van der Waals surface area contributed by atoms with Crippen LogP contribution >= 0.6 is 0 Å². The van der Waals surface area contributed by atoms with E-state index in [1.165, 1.54) is 12.4 Å². The molecule has 3 aromatic carbocycles. The number of nitrogen functional groups attached to an aromatic ring is 1. The highest BCUT2D eigenvalue weighted by molar-refractivity contribution is 6.16. The van der Waals surface area contributed by atoms with Crippen LogP contribution in [0.5, 0.6) is 17.2 Å². The number of aromatic nitrogens is 2. The lowest BCUT2D eigenvalue weighted by Crippen LogP contribution is -2.44. The smallest absolute Gasteiger partial charge is 0.246 e. The number of rotatable bonds is 10. The molecule has 0 aliphatic carbocycles. The van der Waals surface area contributed by atoms with E-state index in [0.29, 0.717) is 53.9 Å². The number of amides is 1. The summed E-state index contributed by atoms with van der Waals surface area (Å²) in [5.41, 5.74) is 8.54. The summed E-state index contributed by atoms with van der Waals surface area (Å²) in [6.07, 6.45) is 4.42. The van der Waals surface area contributed by atoms with Crippen molar-refractivity contribution in [3.8, 4) is 17.2 Å². The van der Waals surface area contributed by atoms with Gasteiger partial charge in [0.25, 0.3) is 0 Å².